The van der Waals surface area contributed by atoms with E-state index in [1.54, 1.807) is 0 Å². The van der Waals surface area contributed by atoms with Crippen molar-refractivity contribution < 1.29 is 19.2 Å². The summed E-state index contributed by atoms with van der Waals surface area (Å²) in [5.41, 5.74) is 0. The summed E-state index contributed by atoms with van der Waals surface area (Å²) in [6, 6.07) is 0. The van der Waals surface area contributed by atoms with Gasteiger partial charge in [-0.1, -0.05) is 0 Å². The van der Waals surface area contributed by atoms with E-state index < -0.39 is 29.1 Å². The first-order valence-corrected chi connectivity index (χ1v) is 3.16. The van der Waals surface area contributed by atoms with E-state index in [0.717, 1.165) is 0 Å². The quantitative estimate of drug-likeness (QED) is 0.370. The molecule has 0 radical (unpaired) electrons. The molecule has 0 saturated heterocycles. The SMILES string of the molecule is CC(=O)C1CC(=O)C(=O)C1=O. The van der Waals surface area contributed by atoms with Crippen LogP contribution >= 0.6 is 0 Å². The van der Waals surface area contributed by atoms with Gasteiger partial charge < -0.3 is 0 Å². The molecule has 4 heteroatoms. The summed E-state index contributed by atoms with van der Waals surface area (Å²) < 4.78 is 0. The highest BCUT2D eigenvalue weighted by atomic mass is 16.2. The summed E-state index contributed by atoms with van der Waals surface area (Å²) in [6.07, 6.45) is -0.229. The summed E-state index contributed by atoms with van der Waals surface area (Å²) in [6.45, 7) is 1.20. The summed E-state index contributed by atoms with van der Waals surface area (Å²) in [4.78, 5) is 42.5. The van der Waals surface area contributed by atoms with Gasteiger partial charge >= 0.3 is 0 Å². The van der Waals surface area contributed by atoms with Crippen LogP contribution in [0.25, 0.3) is 0 Å². The topological polar surface area (TPSA) is 68.3 Å². The van der Waals surface area contributed by atoms with Crippen LogP contribution in [0.4, 0.5) is 0 Å². The maximum absolute atomic E-state index is 10.8. The average molecular weight is 154 g/mol. The molecule has 1 atom stereocenters. The highest BCUT2D eigenvalue weighted by molar-refractivity contribution is 6.69. The molecule has 0 aromatic carbocycles. The fraction of sp³-hybridized carbons (Fsp3) is 0.429. The molecule has 0 heterocycles. The van der Waals surface area contributed by atoms with Crippen molar-refractivity contribution in [3.05, 3.63) is 0 Å². The molecular weight excluding hydrogens is 148 g/mol. The summed E-state index contributed by atoms with van der Waals surface area (Å²) in [5.74, 6) is -4.01. The van der Waals surface area contributed by atoms with E-state index in [-0.39, 0.29) is 6.42 Å². The zero-order valence-corrected chi connectivity index (χ0v) is 5.92. The third-order valence-corrected chi connectivity index (χ3v) is 1.67. The van der Waals surface area contributed by atoms with E-state index in [9.17, 15) is 19.2 Å². The van der Waals surface area contributed by atoms with Gasteiger partial charge in [0.15, 0.2) is 0 Å². The molecule has 0 aromatic heterocycles. The highest BCUT2D eigenvalue weighted by Gasteiger charge is 2.42. The van der Waals surface area contributed by atoms with E-state index in [2.05, 4.69) is 0 Å². The lowest BCUT2D eigenvalue weighted by Crippen LogP contribution is -2.20. The Labute approximate surface area is 62.6 Å². The number of Topliss-reactive ketones (excluding diaryl/α,β-unsaturated/α-hetero) is 4. The summed E-state index contributed by atoms with van der Waals surface area (Å²) >= 11 is 0. The van der Waals surface area contributed by atoms with E-state index in [4.69, 9.17) is 0 Å². The van der Waals surface area contributed by atoms with Crippen molar-refractivity contribution in [3.8, 4) is 0 Å². The Bertz CT molecular complexity index is 264. The standard InChI is InChI=1S/C7H6O4/c1-3(8)4-2-5(9)7(11)6(4)10/h4H,2H2,1H3. The van der Waals surface area contributed by atoms with Crippen LogP contribution in [0.15, 0.2) is 0 Å². The smallest absolute Gasteiger partial charge is 0.264 e. The van der Waals surface area contributed by atoms with Crippen LogP contribution in [0.1, 0.15) is 13.3 Å². The molecule has 58 valence electrons. The third-order valence-electron chi connectivity index (χ3n) is 1.67. The predicted octanol–water partition coefficient (Wildman–Crippen LogP) is -0.697. The van der Waals surface area contributed by atoms with Gasteiger partial charge in [-0.15, -0.1) is 0 Å². The van der Waals surface area contributed by atoms with E-state index in [0.29, 0.717) is 0 Å². The van der Waals surface area contributed by atoms with Gasteiger partial charge in [-0.05, 0) is 6.92 Å². The van der Waals surface area contributed by atoms with Crippen LogP contribution in [0.5, 0.6) is 0 Å². The molecule has 1 fully saturated rings. The van der Waals surface area contributed by atoms with Crippen LogP contribution < -0.4 is 0 Å². The van der Waals surface area contributed by atoms with E-state index >= 15 is 0 Å². The summed E-state index contributed by atoms with van der Waals surface area (Å²) in [5, 5.41) is 0. The van der Waals surface area contributed by atoms with Crippen molar-refractivity contribution in [2.45, 2.75) is 13.3 Å². The van der Waals surface area contributed by atoms with Crippen molar-refractivity contribution >= 4 is 23.1 Å². The maximum atomic E-state index is 10.8. The lowest BCUT2D eigenvalue weighted by molar-refractivity contribution is -0.141. The van der Waals surface area contributed by atoms with Crippen molar-refractivity contribution in [1.82, 2.24) is 0 Å². The Hall–Kier alpha value is -1.32. The number of hydrogen-bond donors (Lipinski definition) is 0. The molecule has 4 nitrogen and oxygen atoms in total. The first-order chi connectivity index (χ1) is 5.04. The zero-order chi connectivity index (χ0) is 8.59. The van der Waals surface area contributed by atoms with Gasteiger partial charge in [0, 0.05) is 6.42 Å². The lowest BCUT2D eigenvalue weighted by atomic mass is 10.0. The molecular formula is C7H6O4. The second kappa shape index (κ2) is 2.38. The first kappa shape index (κ1) is 7.78. The Balaban J connectivity index is 2.92. The molecule has 0 N–H and O–H groups in total. The monoisotopic (exact) mass is 154 g/mol. The number of ketones is 4. The largest absolute Gasteiger partial charge is 0.299 e. The minimum absolute atomic E-state index is 0.229. The van der Waals surface area contributed by atoms with Crippen molar-refractivity contribution in [2.24, 2.45) is 5.92 Å². The molecule has 1 aliphatic carbocycles. The molecule has 1 aliphatic rings. The number of rotatable bonds is 1. The fourth-order valence-corrected chi connectivity index (χ4v) is 0.995. The van der Waals surface area contributed by atoms with Gasteiger partial charge in [0.05, 0.1) is 5.92 Å². The van der Waals surface area contributed by atoms with E-state index in [1.807, 2.05) is 0 Å². The number of hydrogen-bond acceptors (Lipinski definition) is 4. The van der Waals surface area contributed by atoms with Gasteiger partial charge in [-0.2, -0.15) is 0 Å². The molecule has 0 amide bonds. The minimum atomic E-state index is -1.02. The molecule has 1 saturated carbocycles. The molecule has 0 bridgehead atoms. The van der Waals surface area contributed by atoms with Crippen LogP contribution in [0, 0.1) is 5.92 Å². The second-order valence-corrected chi connectivity index (χ2v) is 2.48. The molecule has 0 aromatic rings. The maximum Gasteiger partial charge on any atom is 0.264 e. The average Bonchev–Trinajstić information content (AvgIpc) is 2.17. The van der Waals surface area contributed by atoms with Crippen molar-refractivity contribution in [2.75, 3.05) is 0 Å². The van der Waals surface area contributed by atoms with E-state index in [1.165, 1.54) is 6.92 Å². The second-order valence-electron chi connectivity index (χ2n) is 2.48. The van der Waals surface area contributed by atoms with Crippen molar-refractivity contribution in [3.63, 3.8) is 0 Å². The van der Waals surface area contributed by atoms with Gasteiger partial charge in [0.2, 0.25) is 11.6 Å². The molecule has 0 spiro atoms. The van der Waals surface area contributed by atoms with Crippen molar-refractivity contribution in [1.29, 1.82) is 0 Å². The summed E-state index contributed by atoms with van der Waals surface area (Å²) in [7, 11) is 0. The number of carbonyl (C=O) groups excluding carboxylic acids is 4. The van der Waals surface area contributed by atoms with Crippen LogP contribution in [0.3, 0.4) is 0 Å². The molecule has 0 aliphatic heterocycles. The van der Waals surface area contributed by atoms with Gasteiger partial charge in [0.1, 0.15) is 5.78 Å². The van der Waals surface area contributed by atoms with Gasteiger partial charge in [-0.3, -0.25) is 19.2 Å². The number of carbonyl (C=O) groups is 4. The molecule has 1 unspecified atom stereocenters. The molecule has 1 rings (SSSR count). The molecule has 11 heavy (non-hydrogen) atoms. The third kappa shape index (κ3) is 1.11. The van der Waals surface area contributed by atoms with Crippen LogP contribution in [-0.2, 0) is 19.2 Å². The lowest BCUT2D eigenvalue weighted by Gasteiger charge is -1.95. The first-order valence-electron chi connectivity index (χ1n) is 3.16. The van der Waals surface area contributed by atoms with Crippen LogP contribution in [0.2, 0.25) is 0 Å². The normalized spacial score (nSPS) is 24.5. The Morgan fingerprint density at radius 3 is 2.09 bits per heavy atom. The van der Waals surface area contributed by atoms with Gasteiger partial charge in [-0.25, -0.2) is 0 Å². The van der Waals surface area contributed by atoms with Crippen LogP contribution in [-0.4, -0.2) is 23.1 Å². The predicted molar refractivity (Wildman–Crippen MR) is 33.8 cm³/mol. The Morgan fingerprint density at radius 1 is 1.36 bits per heavy atom. The Kier molecular flexibility index (Phi) is 1.68. The fourth-order valence-electron chi connectivity index (χ4n) is 0.995. The highest BCUT2D eigenvalue weighted by Crippen LogP contribution is 2.16. The Morgan fingerprint density at radius 2 is 1.91 bits per heavy atom. The minimum Gasteiger partial charge on any atom is -0.299 e. The van der Waals surface area contributed by atoms with Gasteiger partial charge in [0.25, 0.3) is 5.78 Å². The zero-order valence-electron chi connectivity index (χ0n) is 5.92.